The summed E-state index contributed by atoms with van der Waals surface area (Å²) in [6, 6.07) is 0.150. The first-order valence-electron chi connectivity index (χ1n) is 7.04. The van der Waals surface area contributed by atoms with Crippen LogP contribution in [0.3, 0.4) is 0 Å². The van der Waals surface area contributed by atoms with Crippen molar-refractivity contribution >= 4 is 5.78 Å². The van der Waals surface area contributed by atoms with Crippen LogP contribution in [0, 0.1) is 5.92 Å². The van der Waals surface area contributed by atoms with E-state index < -0.39 is 0 Å². The Morgan fingerprint density at radius 1 is 1.12 bits per heavy atom. The van der Waals surface area contributed by atoms with Gasteiger partial charge in [-0.2, -0.15) is 0 Å². The van der Waals surface area contributed by atoms with Crippen molar-refractivity contribution in [3.05, 3.63) is 0 Å². The van der Waals surface area contributed by atoms with Crippen molar-refractivity contribution in [1.82, 2.24) is 0 Å². The number of carbonyl (C=O) groups excluding carboxylic acids is 1. The number of nitrogens with two attached hydrogens (primary N) is 1. The van der Waals surface area contributed by atoms with E-state index in [4.69, 9.17) is 5.73 Å². The van der Waals surface area contributed by atoms with E-state index in [9.17, 15) is 4.79 Å². The lowest BCUT2D eigenvalue weighted by Crippen LogP contribution is -2.37. The van der Waals surface area contributed by atoms with Crippen molar-refractivity contribution in [2.45, 2.75) is 77.2 Å². The van der Waals surface area contributed by atoms with Crippen LogP contribution in [0.1, 0.15) is 71.1 Å². The summed E-state index contributed by atoms with van der Waals surface area (Å²) in [5.41, 5.74) is 6.01. The van der Waals surface area contributed by atoms with Crippen LogP contribution in [-0.4, -0.2) is 11.8 Å². The molecule has 0 aromatic carbocycles. The number of carbonyl (C=O) groups is 1. The zero-order valence-corrected chi connectivity index (χ0v) is 10.7. The van der Waals surface area contributed by atoms with Crippen molar-refractivity contribution in [2.24, 2.45) is 11.7 Å². The Morgan fingerprint density at radius 2 is 1.81 bits per heavy atom. The van der Waals surface area contributed by atoms with E-state index >= 15 is 0 Å². The third-order valence-corrected chi connectivity index (χ3v) is 3.76. The van der Waals surface area contributed by atoms with Gasteiger partial charge in [-0.05, 0) is 19.3 Å². The molecule has 0 radical (unpaired) electrons. The second kappa shape index (κ2) is 7.83. The van der Waals surface area contributed by atoms with E-state index in [0.717, 1.165) is 25.7 Å². The van der Waals surface area contributed by atoms with Crippen LogP contribution in [0.2, 0.25) is 0 Å². The molecule has 2 heteroatoms. The second-order valence-electron chi connectivity index (χ2n) is 5.19. The summed E-state index contributed by atoms with van der Waals surface area (Å²) in [7, 11) is 0. The fourth-order valence-electron chi connectivity index (χ4n) is 2.65. The quantitative estimate of drug-likeness (QED) is 0.674. The molecular formula is C14H27NO. The van der Waals surface area contributed by atoms with Gasteiger partial charge >= 0.3 is 0 Å². The molecule has 2 nitrogen and oxygen atoms in total. The topological polar surface area (TPSA) is 43.1 Å². The first kappa shape index (κ1) is 13.7. The zero-order valence-electron chi connectivity index (χ0n) is 10.7. The average molecular weight is 225 g/mol. The largest absolute Gasteiger partial charge is 0.327 e. The summed E-state index contributed by atoms with van der Waals surface area (Å²) in [4.78, 5) is 12.0. The minimum atomic E-state index is 0.150. The van der Waals surface area contributed by atoms with Gasteiger partial charge in [0.15, 0.2) is 0 Å². The van der Waals surface area contributed by atoms with Gasteiger partial charge in [-0.1, -0.05) is 45.4 Å². The zero-order chi connectivity index (χ0) is 11.8. The van der Waals surface area contributed by atoms with Crippen molar-refractivity contribution in [1.29, 1.82) is 0 Å². The third-order valence-electron chi connectivity index (χ3n) is 3.76. The summed E-state index contributed by atoms with van der Waals surface area (Å²) in [6.07, 6.45) is 11.4. The van der Waals surface area contributed by atoms with Gasteiger partial charge < -0.3 is 5.73 Å². The molecule has 2 atom stereocenters. The molecule has 2 unspecified atom stereocenters. The lowest BCUT2D eigenvalue weighted by atomic mass is 9.81. The Morgan fingerprint density at radius 3 is 2.50 bits per heavy atom. The minimum Gasteiger partial charge on any atom is -0.327 e. The molecule has 0 aromatic heterocycles. The maximum absolute atomic E-state index is 12.0. The molecule has 16 heavy (non-hydrogen) atoms. The molecule has 0 bridgehead atoms. The van der Waals surface area contributed by atoms with Crippen molar-refractivity contribution in [3.8, 4) is 0 Å². The molecule has 1 saturated carbocycles. The van der Waals surface area contributed by atoms with Crippen LogP contribution in [0.4, 0.5) is 0 Å². The molecule has 2 N–H and O–H groups in total. The Labute approximate surface area is 100.0 Å². The Bertz CT molecular complexity index is 203. The van der Waals surface area contributed by atoms with E-state index in [-0.39, 0.29) is 12.0 Å². The molecular weight excluding hydrogens is 198 g/mol. The van der Waals surface area contributed by atoms with Crippen LogP contribution in [-0.2, 0) is 4.79 Å². The maximum Gasteiger partial charge on any atom is 0.137 e. The van der Waals surface area contributed by atoms with E-state index in [0.29, 0.717) is 5.78 Å². The highest BCUT2D eigenvalue weighted by Gasteiger charge is 2.27. The summed E-state index contributed by atoms with van der Waals surface area (Å²) in [5.74, 6) is 0.614. The number of hydrogen-bond donors (Lipinski definition) is 1. The summed E-state index contributed by atoms with van der Waals surface area (Å²) < 4.78 is 0. The predicted octanol–water partition coefficient (Wildman–Crippen LogP) is 3.43. The molecule has 0 aromatic rings. The molecule has 94 valence electrons. The predicted molar refractivity (Wildman–Crippen MR) is 68.3 cm³/mol. The molecule has 1 aliphatic rings. The highest BCUT2D eigenvalue weighted by Crippen LogP contribution is 2.25. The SMILES string of the molecule is CCCCCCCC(=O)C1CCCCC1N. The molecule has 0 aliphatic heterocycles. The van der Waals surface area contributed by atoms with Gasteiger partial charge in [0.25, 0.3) is 0 Å². The number of Topliss-reactive ketones (excluding diaryl/α,β-unsaturated/α-hetero) is 1. The fraction of sp³-hybridized carbons (Fsp3) is 0.929. The van der Waals surface area contributed by atoms with Crippen LogP contribution in [0.15, 0.2) is 0 Å². The van der Waals surface area contributed by atoms with Crippen molar-refractivity contribution in [2.75, 3.05) is 0 Å². The number of ketones is 1. The highest BCUT2D eigenvalue weighted by atomic mass is 16.1. The standard InChI is InChI=1S/C14H27NO/c1-2-3-4-5-6-11-14(16)12-9-7-8-10-13(12)15/h12-13H,2-11,15H2,1H3. The van der Waals surface area contributed by atoms with Gasteiger partial charge in [0.2, 0.25) is 0 Å². The van der Waals surface area contributed by atoms with Gasteiger partial charge in [-0.15, -0.1) is 0 Å². The molecule has 0 spiro atoms. The van der Waals surface area contributed by atoms with Crippen LogP contribution < -0.4 is 5.73 Å². The van der Waals surface area contributed by atoms with Crippen LogP contribution >= 0.6 is 0 Å². The molecule has 1 rings (SSSR count). The van der Waals surface area contributed by atoms with Crippen molar-refractivity contribution in [3.63, 3.8) is 0 Å². The van der Waals surface area contributed by atoms with E-state index in [1.807, 2.05) is 0 Å². The average Bonchev–Trinajstić information content (AvgIpc) is 2.29. The monoisotopic (exact) mass is 225 g/mol. The smallest absolute Gasteiger partial charge is 0.137 e. The van der Waals surface area contributed by atoms with Gasteiger partial charge in [0.05, 0.1) is 0 Å². The lowest BCUT2D eigenvalue weighted by Gasteiger charge is -2.27. The molecule has 1 fully saturated rings. The summed E-state index contributed by atoms with van der Waals surface area (Å²) in [5, 5.41) is 0. The van der Waals surface area contributed by atoms with E-state index in [1.54, 1.807) is 0 Å². The lowest BCUT2D eigenvalue weighted by molar-refractivity contribution is -0.124. The van der Waals surface area contributed by atoms with Gasteiger partial charge in [-0.25, -0.2) is 0 Å². The Balaban J connectivity index is 2.13. The van der Waals surface area contributed by atoms with Gasteiger partial charge in [0, 0.05) is 18.4 Å². The van der Waals surface area contributed by atoms with Crippen LogP contribution in [0.5, 0.6) is 0 Å². The first-order valence-corrected chi connectivity index (χ1v) is 7.04. The highest BCUT2D eigenvalue weighted by molar-refractivity contribution is 5.81. The molecule has 1 aliphatic carbocycles. The Kier molecular flexibility index (Phi) is 6.70. The number of unbranched alkanes of at least 4 members (excludes halogenated alkanes) is 4. The minimum absolute atomic E-state index is 0.150. The maximum atomic E-state index is 12.0. The van der Waals surface area contributed by atoms with Gasteiger partial charge in [0.1, 0.15) is 5.78 Å². The Hall–Kier alpha value is -0.370. The fourth-order valence-corrected chi connectivity index (χ4v) is 2.65. The number of rotatable bonds is 7. The second-order valence-corrected chi connectivity index (χ2v) is 5.19. The molecule has 0 amide bonds. The van der Waals surface area contributed by atoms with E-state index in [2.05, 4.69) is 6.92 Å². The summed E-state index contributed by atoms with van der Waals surface area (Å²) in [6.45, 7) is 2.21. The van der Waals surface area contributed by atoms with Gasteiger partial charge in [-0.3, -0.25) is 4.79 Å². The third kappa shape index (κ3) is 4.65. The normalized spacial score (nSPS) is 25.6. The first-order chi connectivity index (χ1) is 7.75. The summed E-state index contributed by atoms with van der Waals surface area (Å²) >= 11 is 0. The van der Waals surface area contributed by atoms with Crippen LogP contribution in [0.25, 0.3) is 0 Å². The van der Waals surface area contributed by atoms with Crippen molar-refractivity contribution < 1.29 is 4.79 Å². The number of hydrogen-bond acceptors (Lipinski definition) is 2. The molecule has 0 heterocycles. The molecule has 0 saturated heterocycles. The van der Waals surface area contributed by atoms with E-state index in [1.165, 1.54) is 38.5 Å².